The summed E-state index contributed by atoms with van der Waals surface area (Å²) < 4.78 is 4.82. The Labute approximate surface area is 95.5 Å². The van der Waals surface area contributed by atoms with Gasteiger partial charge in [0.05, 0.1) is 6.61 Å². The normalized spacial score (nSPS) is 11.9. The van der Waals surface area contributed by atoms with Crippen molar-refractivity contribution in [3.05, 3.63) is 12.2 Å². The first-order valence-corrected chi connectivity index (χ1v) is 5.27. The fourth-order valence-electron chi connectivity index (χ4n) is 1.02. The molecule has 1 unspecified atom stereocenters. The number of hydrogen-bond donors (Lipinski definition) is 2. The Hall–Kier alpha value is -1.36. The van der Waals surface area contributed by atoms with Crippen molar-refractivity contribution in [2.75, 3.05) is 13.2 Å². The number of carbonyl (C=O) groups is 2. The molecular weight excluding hydrogens is 210 g/mol. The number of carbonyl (C=O) groups excluding carboxylic acids is 1. The molecule has 0 aromatic carbocycles. The summed E-state index contributed by atoms with van der Waals surface area (Å²) >= 11 is 0. The second kappa shape index (κ2) is 7.87. The van der Waals surface area contributed by atoms with Crippen LogP contribution in [0.15, 0.2) is 12.2 Å². The molecule has 16 heavy (non-hydrogen) atoms. The minimum atomic E-state index is -0.931. The van der Waals surface area contributed by atoms with E-state index in [0.29, 0.717) is 12.1 Å². The fraction of sp³-hybridized carbons (Fsp3) is 0.636. The molecule has 0 aromatic heterocycles. The van der Waals surface area contributed by atoms with Crippen LogP contribution in [0.1, 0.15) is 26.7 Å². The fourth-order valence-corrected chi connectivity index (χ4v) is 1.02. The van der Waals surface area contributed by atoms with Crippen molar-refractivity contribution in [1.82, 2.24) is 5.32 Å². The van der Waals surface area contributed by atoms with E-state index in [9.17, 15) is 9.59 Å². The third-order valence-electron chi connectivity index (χ3n) is 1.93. The highest BCUT2D eigenvalue weighted by molar-refractivity contribution is 5.86. The van der Waals surface area contributed by atoms with Gasteiger partial charge in [0.2, 0.25) is 0 Å². The van der Waals surface area contributed by atoms with Crippen molar-refractivity contribution in [3.63, 3.8) is 0 Å². The summed E-state index contributed by atoms with van der Waals surface area (Å²) in [6, 6.07) is -0.669. The van der Waals surface area contributed by atoms with Crippen molar-refractivity contribution in [2.24, 2.45) is 0 Å². The smallest absolute Gasteiger partial charge is 0.333 e. The first-order valence-electron chi connectivity index (χ1n) is 5.27. The molecule has 0 rings (SSSR count). The molecule has 0 aromatic rings. The SMILES string of the molecule is C=C(C)C(=O)OCCC(NCCC)C(=O)O. The summed E-state index contributed by atoms with van der Waals surface area (Å²) in [6.45, 7) is 7.64. The summed E-state index contributed by atoms with van der Waals surface area (Å²) in [5, 5.41) is 11.7. The van der Waals surface area contributed by atoms with Crippen molar-refractivity contribution >= 4 is 11.9 Å². The average molecular weight is 229 g/mol. The molecule has 1 atom stereocenters. The van der Waals surface area contributed by atoms with Gasteiger partial charge in [0.1, 0.15) is 6.04 Å². The van der Waals surface area contributed by atoms with Crippen molar-refractivity contribution < 1.29 is 19.4 Å². The Kier molecular flexibility index (Phi) is 7.20. The number of carboxylic acids is 1. The molecule has 0 spiro atoms. The molecule has 0 bridgehead atoms. The van der Waals surface area contributed by atoms with Gasteiger partial charge in [-0.3, -0.25) is 4.79 Å². The summed E-state index contributed by atoms with van der Waals surface area (Å²) in [5.74, 6) is -1.42. The third-order valence-corrected chi connectivity index (χ3v) is 1.93. The molecule has 92 valence electrons. The topological polar surface area (TPSA) is 75.6 Å². The molecule has 0 aliphatic heterocycles. The summed E-state index contributed by atoms with van der Waals surface area (Å²) in [6.07, 6.45) is 1.11. The maximum Gasteiger partial charge on any atom is 0.333 e. The summed E-state index contributed by atoms with van der Waals surface area (Å²) in [5.41, 5.74) is 0.313. The van der Waals surface area contributed by atoms with Gasteiger partial charge in [-0.2, -0.15) is 0 Å². The number of esters is 1. The zero-order chi connectivity index (χ0) is 12.6. The van der Waals surface area contributed by atoms with E-state index in [4.69, 9.17) is 9.84 Å². The van der Waals surface area contributed by atoms with Crippen LogP contribution in [0.2, 0.25) is 0 Å². The van der Waals surface area contributed by atoms with Crippen LogP contribution < -0.4 is 5.32 Å². The third kappa shape index (κ3) is 6.19. The minimum Gasteiger partial charge on any atom is -0.480 e. The first-order chi connectivity index (χ1) is 7.49. The summed E-state index contributed by atoms with van der Waals surface area (Å²) in [4.78, 5) is 21.8. The molecular formula is C11H19NO4. The number of rotatable bonds is 8. The minimum absolute atomic E-state index is 0.0827. The Morgan fingerprint density at radius 2 is 2.12 bits per heavy atom. The zero-order valence-corrected chi connectivity index (χ0v) is 9.78. The standard InChI is InChI=1S/C11H19NO4/c1-4-6-12-9(10(13)14)5-7-16-11(15)8(2)3/h9,12H,2,4-7H2,1,3H3,(H,13,14). The molecule has 0 fully saturated rings. The molecule has 0 aliphatic rings. The molecule has 2 N–H and O–H groups in total. The largest absolute Gasteiger partial charge is 0.480 e. The maximum absolute atomic E-state index is 11.0. The number of ether oxygens (including phenoxy) is 1. The Morgan fingerprint density at radius 1 is 1.50 bits per heavy atom. The highest BCUT2D eigenvalue weighted by Crippen LogP contribution is 1.97. The lowest BCUT2D eigenvalue weighted by atomic mass is 10.2. The van der Waals surface area contributed by atoms with Gasteiger partial charge in [-0.15, -0.1) is 0 Å². The molecule has 0 saturated heterocycles. The van der Waals surface area contributed by atoms with Crippen LogP contribution >= 0.6 is 0 Å². The van der Waals surface area contributed by atoms with Crippen LogP contribution in [0.25, 0.3) is 0 Å². The van der Waals surface area contributed by atoms with Crippen molar-refractivity contribution in [3.8, 4) is 0 Å². The summed E-state index contributed by atoms with van der Waals surface area (Å²) in [7, 11) is 0. The molecule has 0 aliphatic carbocycles. The van der Waals surface area contributed by atoms with E-state index in [2.05, 4.69) is 11.9 Å². The quantitative estimate of drug-likeness (QED) is 0.478. The van der Waals surface area contributed by atoms with Gasteiger partial charge in [0.25, 0.3) is 0 Å². The Morgan fingerprint density at radius 3 is 2.56 bits per heavy atom. The number of carboxylic acid groups (broad SMARTS) is 1. The van der Waals surface area contributed by atoms with E-state index in [-0.39, 0.29) is 13.0 Å². The van der Waals surface area contributed by atoms with Crippen LogP contribution in [0.4, 0.5) is 0 Å². The monoisotopic (exact) mass is 229 g/mol. The van der Waals surface area contributed by atoms with Crippen LogP contribution in [0.3, 0.4) is 0 Å². The molecule has 5 nitrogen and oxygen atoms in total. The Balaban J connectivity index is 3.89. The Bertz CT molecular complexity index is 263. The van der Waals surface area contributed by atoms with E-state index in [1.54, 1.807) is 6.92 Å². The number of aliphatic carboxylic acids is 1. The molecule has 0 saturated carbocycles. The second-order valence-electron chi connectivity index (χ2n) is 3.55. The van der Waals surface area contributed by atoms with Crippen LogP contribution in [-0.2, 0) is 14.3 Å². The van der Waals surface area contributed by atoms with E-state index < -0.39 is 18.0 Å². The molecule has 0 radical (unpaired) electrons. The van der Waals surface area contributed by atoms with Crippen molar-refractivity contribution in [2.45, 2.75) is 32.7 Å². The highest BCUT2D eigenvalue weighted by Gasteiger charge is 2.16. The highest BCUT2D eigenvalue weighted by atomic mass is 16.5. The number of nitrogens with one attached hydrogen (secondary N) is 1. The van der Waals surface area contributed by atoms with E-state index in [1.807, 2.05) is 6.92 Å². The zero-order valence-electron chi connectivity index (χ0n) is 9.78. The van der Waals surface area contributed by atoms with Gasteiger partial charge >= 0.3 is 11.9 Å². The van der Waals surface area contributed by atoms with E-state index in [0.717, 1.165) is 6.42 Å². The van der Waals surface area contributed by atoms with Gasteiger partial charge in [0.15, 0.2) is 0 Å². The lowest BCUT2D eigenvalue weighted by Crippen LogP contribution is -2.38. The maximum atomic E-state index is 11.0. The van der Waals surface area contributed by atoms with Crippen LogP contribution in [-0.4, -0.2) is 36.2 Å². The van der Waals surface area contributed by atoms with Gasteiger partial charge in [-0.1, -0.05) is 13.5 Å². The molecule has 5 heteroatoms. The lowest BCUT2D eigenvalue weighted by Gasteiger charge is -2.13. The van der Waals surface area contributed by atoms with Crippen molar-refractivity contribution in [1.29, 1.82) is 0 Å². The predicted octanol–water partition coefficient (Wildman–Crippen LogP) is 0.949. The van der Waals surface area contributed by atoms with E-state index >= 15 is 0 Å². The molecule has 0 heterocycles. The molecule has 0 amide bonds. The lowest BCUT2D eigenvalue weighted by molar-refractivity contribution is -0.143. The number of hydrogen-bond acceptors (Lipinski definition) is 4. The van der Waals surface area contributed by atoms with E-state index in [1.165, 1.54) is 0 Å². The van der Waals surface area contributed by atoms with Crippen LogP contribution in [0.5, 0.6) is 0 Å². The van der Waals surface area contributed by atoms with Crippen LogP contribution in [0, 0.1) is 0 Å². The van der Waals surface area contributed by atoms with Gasteiger partial charge in [-0.25, -0.2) is 4.79 Å². The van der Waals surface area contributed by atoms with Gasteiger partial charge in [0, 0.05) is 12.0 Å². The first kappa shape index (κ1) is 14.6. The second-order valence-corrected chi connectivity index (χ2v) is 3.55. The predicted molar refractivity (Wildman–Crippen MR) is 60.1 cm³/mol. The van der Waals surface area contributed by atoms with Gasteiger partial charge in [-0.05, 0) is 19.9 Å². The average Bonchev–Trinajstić information content (AvgIpc) is 2.21. The van der Waals surface area contributed by atoms with Gasteiger partial charge < -0.3 is 15.2 Å².